The van der Waals surface area contributed by atoms with E-state index in [-0.39, 0.29) is 31.0 Å². The highest BCUT2D eigenvalue weighted by molar-refractivity contribution is 5.85. The van der Waals surface area contributed by atoms with Crippen molar-refractivity contribution in [3.05, 3.63) is 53.5 Å². The number of amides is 1. The summed E-state index contributed by atoms with van der Waals surface area (Å²) < 4.78 is 11.2. The number of benzene rings is 1. The number of carbonyl (C=O) groups is 1. The molecule has 24 heavy (non-hydrogen) atoms. The Morgan fingerprint density at radius 2 is 1.92 bits per heavy atom. The first-order chi connectivity index (χ1) is 11.0. The summed E-state index contributed by atoms with van der Waals surface area (Å²) in [5.74, 6) is 2.28. The van der Waals surface area contributed by atoms with Gasteiger partial charge in [0.25, 0.3) is 5.91 Å². The molecule has 0 saturated carbocycles. The van der Waals surface area contributed by atoms with E-state index in [2.05, 4.69) is 5.32 Å². The fourth-order valence-electron chi connectivity index (χ4n) is 2.29. The third-order valence-electron chi connectivity index (χ3n) is 3.66. The Morgan fingerprint density at radius 3 is 2.50 bits per heavy atom. The predicted molar refractivity (Wildman–Crippen MR) is 96.8 cm³/mol. The number of rotatable bonds is 7. The summed E-state index contributed by atoms with van der Waals surface area (Å²) in [7, 11) is 3.91. The Labute approximate surface area is 149 Å². The number of ether oxygens (including phenoxy) is 1. The molecule has 0 saturated heterocycles. The van der Waals surface area contributed by atoms with Crippen molar-refractivity contribution in [2.24, 2.45) is 0 Å². The van der Waals surface area contributed by atoms with Crippen molar-refractivity contribution in [1.82, 2.24) is 10.2 Å². The standard InChI is InChI=1S/C18H24N2O3.ClH/c1-13-7-5-6-8-16(13)22-12-18(21)19-11-15(20(3)4)17-10-9-14(2)23-17;/h5-10,15H,11-12H2,1-4H3,(H,19,21);1H. The molecule has 1 N–H and O–H groups in total. The van der Waals surface area contributed by atoms with Crippen molar-refractivity contribution in [1.29, 1.82) is 0 Å². The summed E-state index contributed by atoms with van der Waals surface area (Å²) in [4.78, 5) is 14.0. The number of para-hydroxylation sites is 1. The van der Waals surface area contributed by atoms with Crippen molar-refractivity contribution >= 4 is 18.3 Å². The van der Waals surface area contributed by atoms with E-state index in [0.717, 1.165) is 22.8 Å². The molecule has 2 rings (SSSR count). The normalized spacial score (nSPS) is 11.7. The molecule has 0 bridgehead atoms. The molecule has 0 fully saturated rings. The van der Waals surface area contributed by atoms with Gasteiger partial charge in [-0.3, -0.25) is 9.69 Å². The van der Waals surface area contributed by atoms with E-state index in [1.165, 1.54) is 0 Å². The van der Waals surface area contributed by atoms with Crippen LogP contribution in [0.3, 0.4) is 0 Å². The van der Waals surface area contributed by atoms with Gasteiger partial charge in [0.1, 0.15) is 17.3 Å². The van der Waals surface area contributed by atoms with Crippen molar-refractivity contribution in [3.8, 4) is 5.75 Å². The molecule has 2 aromatic rings. The van der Waals surface area contributed by atoms with E-state index in [9.17, 15) is 4.79 Å². The summed E-state index contributed by atoms with van der Waals surface area (Å²) in [6.07, 6.45) is 0. The largest absolute Gasteiger partial charge is 0.484 e. The molecule has 132 valence electrons. The van der Waals surface area contributed by atoms with Crippen LogP contribution in [0, 0.1) is 13.8 Å². The van der Waals surface area contributed by atoms with Gasteiger partial charge in [-0.25, -0.2) is 0 Å². The van der Waals surface area contributed by atoms with Crippen molar-refractivity contribution in [2.45, 2.75) is 19.9 Å². The lowest BCUT2D eigenvalue weighted by Crippen LogP contribution is -2.36. The molecule has 1 aromatic heterocycles. The maximum atomic E-state index is 12.0. The third-order valence-corrected chi connectivity index (χ3v) is 3.66. The second kappa shape index (κ2) is 9.35. The van der Waals surface area contributed by atoms with Crippen LogP contribution in [0.25, 0.3) is 0 Å². The number of aryl methyl sites for hydroxylation is 2. The van der Waals surface area contributed by atoms with Gasteiger partial charge >= 0.3 is 0 Å². The Bertz CT molecular complexity index is 655. The molecule has 1 heterocycles. The van der Waals surface area contributed by atoms with Crippen LogP contribution in [0.5, 0.6) is 5.75 Å². The van der Waals surface area contributed by atoms with Crippen LogP contribution < -0.4 is 10.1 Å². The first kappa shape index (κ1) is 20.1. The number of halogens is 1. The van der Waals surface area contributed by atoms with Crippen LogP contribution in [0.15, 0.2) is 40.8 Å². The van der Waals surface area contributed by atoms with E-state index in [0.29, 0.717) is 6.54 Å². The average Bonchev–Trinajstić information content (AvgIpc) is 2.92. The van der Waals surface area contributed by atoms with Crippen LogP contribution in [0.1, 0.15) is 23.1 Å². The summed E-state index contributed by atoms with van der Waals surface area (Å²) in [6.45, 7) is 4.33. The van der Waals surface area contributed by atoms with Crippen LogP contribution in [-0.4, -0.2) is 38.1 Å². The van der Waals surface area contributed by atoms with Crippen molar-refractivity contribution in [2.75, 3.05) is 27.2 Å². The summed E-state index contributed by atoms with van der Waals surface area (Å²) in [5.41, 5.74) is 1.01. The molecule has 1 aromatic carbocycles. The molecular formula is C18H25ClN2O3. The molecule has 5 nitrogen and oxygen atoms in total. The third kappa shape index (κ3) is 5.58. The van der Waals surface area contributed by atoms with Gasteiger partial charge in [0.15, 0.2) is 6.61 Å². The summed E-state index contributed by atoms with van der Waals surface area (Å²) >= 11 is 0. The van der Waals surface area contributed by atoms with Gasteiger partial charge in [-0.2, -0.15) is 0 Å². The van der Waals surface area contributed by atoms with E-state index in [1.807, 2.05) is 69.2 Å². The van der Waals surface area contributed by atoms with Gasteiger partial charge in [0.05, 0.1) is 6.04 Å². The van der Waals surface area contributed by atoms with Crippen molar-refractivity contribution < 1.29 is 13.9 Å². The zero-order chi connectivity index (χ0) is 16.8. The maximum Gasteiger partial charge on any atom is 0.258 e. The van der Waals surface area contributed by atoms with Gasteiger partial charge < -0.3 is 14.5 Å². The lowest BCUT2D eigenvalue weighted by molar-refractivity contribution is -0.123. The number of hydrogen-bond acceptors (Lipinski definition) is 4. The molecule has 0 radical (unpaired) electrons. The Morgan fingerprint density at radius 1 is 1.21 bits per heavy atom. The van der Waals surface area contributed by atoms with E-state index >= 15 is 0 Å². The molecule has 1 unspecified atom stereocenters. The minimum Gasteiger partial charge on any atom is -0.484 e. The number of nitrogens with zero attached hydrogens (tertiary/aromatic N) is 1. The number of carbonyl (C=O) groups excluding carboxylic acids is 1. The Kier molecular flexibility index (Phi) is 7.82. The zero-order valence-corrected chi connectivity index (χ0v) is 15.4. The maximum absolute atomic E-state index is 12.0. The van der Waals surface area contributed by atoms with Gasteiger partial charge in [-0.05, 0) is 51.7 Å². The van der Waals surface area contributed by atoms with Gasteiger partial charge in [-0.15, -0.1) is 12.4 Å². The number of hydrogen-bond donors (Lipinski definition) is 1. The van der Waals surface area contributed by atoms with Crippen LogP contribution in [0.2, 0.25) is 0 Å². The fourth-order valence-corrected chi connectivity index (χ4v) is 2.29. The minimum atomic E-state index is -0.150. The zero-order valence-electron chi connectivity index (χ0n) is 14.5. The number of nitrogens with one attached hydrogen (secondary N) is 1. The highest BCUT2D eigenvalue weighted by Gasteiger charge is 2.18. The minimum absolute atomic E-state index is 0. The highest BCUT2D eigenvalue weighted by atomic mass is 35.5. The smallest absolute Gasteiger partial charge is 0.258 e. The molecule has 6 heteroatoms. The SMILES string of the molecule is Cc1ccc(C(CNC(=O)COc2ccccc2C)N(C)C)o1.Cl. The lowest BCUT2D eigenvalue weighted by Gasteiger charge is -2.22. The quantitative estimate of drug-likeness (QED) is 0.831. The first-order valence-electron chi connectivity index (χ1n) is 7.65. The molecule has 0 aliphatic carbocycles. The van der Waals surface area contributed by atoms with Crippen LogP contribution in [-0.2, 0) is 4.79 Å². The van der Waals surface area contributed by atoms with Crippen LogP contribution in [0.4, 0.5) is 0 Å². The Balaban J connectivity index is 0.00000288. The topological polar surface area (TPSA) is 54.7 Å². The first-order valence-corrected chi connectivity index (χ1v) is 7.65. The van der Waals surface area contributed by atoms with Gasteiger partial charge in [-0.1, -0.05) is 18.2 Å². The molecule has 0 aliphatic heterocycles. The second-order valence-corrected chi connectivity index (χ2v) is 5.79. The van der Waals surface area contributed by atoms with E-state index in [4.69, 9.17) is 9.15 Å². The molecule has 0 aliphatic rings. The van der Waals surface area contributed by atoms with Crippen molar-refractivity contribution in [3.63, 3.8) is 0 Å². The Hall–Kier alpha value is -1.98. The molecule has 1 amide bonds. The van der Waals surface area contributed by atoms with Gasteiger partial charge in [0, 0.05) is 6.54 Å². The highest BCUT2D eigenvalue weighted by Crippen LogP contribution is 2.20. The summed E-state index contributed by atoms with van der Waals surface area (Å²) in [6, 6.07) is 11.5. The second-order valence-electron chi connectivity index (χ2n) is 5.79. The lowest BCUT2D eigenvalue weighted by atomic mass is 10.2. The van der Waals surface area contributed by atoms with Gasteiger partial charge in [0.2, 0.25) is 0 Å². The monoisotopic (exact) mass is 352 g/mol. The molecule has 0 spiro atoms. The predicted octanol–water partition coefficient (Wildman–Crippen LogP) is 3.12. The summed E-state index contributed by atoms with van der Waals surface area (Å²) in [5, 5.41) is 2.90. The van der Waals surface area contributed by atoms with E-state index < -0.39 is 0 Å². The average molecular weight is 353 g/mol. The van der Waals surface area contributed by atoms with E-state index in [1.54, 1.807) is 0 Å². The molecule has 1 atom stereocenters. The number of likely N-dealkylation sites (N-methyl/N-ethyl adjacent to an activating group) is 1. The number of furan rings is 1. The fraction of sp³-hybridized carbons (Fsp3) is 0.389. The molecular weight excluding hydrogens is 328 g/mol. The van der Waals surface area contributed by atoms with Crippen LogP contribution >= 0.6 is 12.4 Å².